The summed E-state index contributed by atoms with van der Waals surface area (Å²) in [6.07, 6.45) is 76.4. The molecule has 460 valence electrons. The minimum Gasteiger partial charge on any atom is -0.465 e. The van der Waals surface area contributed by atoms with Crippen molar-refractivity contribution >= 4 is 17.9 Å². The molecular formula is C72H136O6. The van der Waals surface area contributed by atoms with Gasteiger partial charge >= 0.3 is 17.9 Å². The Morgan fingerprint density at radius 3 is 0.718 bits per heavy atom. The zero-order valence-electron chi connectivity index (χ0n) is 52.9. The Hall–Kier alpha value is -1.59. The average Bonchev–Trinajstić information content (AvgIpc) is 3.45. The normalized spacial score (nSPS) is 19.2. The average molecular weight is 1100 g/mol. The van der Waals surface area contributed by atoms with E-state index in [1.165, 1.54) is 315 Å². The van der Waals surface area contributed by atoms with Gasteiger partial charge in [-0.05, 0) is 38.5 Å². The van der Waals surface area contributed by atoms with Gasteiger partial charge < -0.3 is 14.2 Å². The van der Waals surface area contributed by atoms with Crippen molar-refractivity contribution in [2.75, 3.05) is 19.8 Å². The molecular weight excluding hydrogens is 961 g/mol. The summed E-state index contributed by atoms with van der Waals surface area (Å²) in [6, 6.07) is 0. The third-order valence-corrected chi connectivity index (χ3v) is 18.7. The largest absolute Gasteiger partial charge is 0.465 e. The van der Waals surface area contributed by atoms with E-state index in [0.29, 0.717) is 12.8 Å². The van der Waals surface area contributed by atoms with Crippen LogP contribution in [0.3, 0.4) is 0 Å². The van der Waals surface area contributed by atoms with Crippen LogP contribution >= 0.6 is 0 Å². The molecule has 0 radical (unpaired) electrons. The molecule has 0 aromatic rings. The highest BCUT2D eigenvalue weighted by molar-refractivity contribution is 5.73. The standard InChI is InChI=1S/C72H136O6/c1-3-5-6-7-8-9-10-11-12-13-14-23-28-33-38-43-48-53-58-63-69(73)76-64-72(4-2,65-77-70(74)67-59-54-49-44-39-34-29-24-19-15-16-20-25-30-35-40-45-50-55-60-67)66-78-71(75)68-61-56-51-46-41-36-31-26-21-17-18-22-27-32-37-42-47-52-57-62-68/h67-68H,3-66H2,1-2H3. The number of hydrogen-bond acceptors (Lipinski definition) is 6. The molecule has 0 heterocycles. The topological polar surface area (TPSA) is 78.9 Å². The molecule has 0 aliphatic heterocycles. The van der Waals surface area contributed by atoms with Crippen molar-refractivity contribution in [3.8, 4) is 0 Å². The van der Waals surface area contributed by atoms with Crippen LogP contribution in [-0.4, -0.2) is 37.7 Å². The van der Waals surface area contributed by atoms with Gasteiger partial charge in [0.25, 0.3) is 0 Å². The summed E-state index contributed by atoms with van der Waals surface area (Å²) in [5, 5.41) is 0. The molecule has 0 bridgehead atoms. The molecule has 0 saturated heterocycles. The first kappa shape index (κ1) is 72.5. The van der Waals surface area contributed by atoms with Crippen LogP contribution in [0.25, 0.3) is 0 Å². The highest BCUT2D eigenvalue weighted by atomic mass is 16.6. The summed E-state index contributed by atoms with van der Waals surface area (Å²) in [5.74, 6) is -0.627. The van der Waals surface area contributed by atoms with Crippen molar-refractivity contribution in [3.63, 3.8) is 0 Å². The van der Waals surface area contributed by atoms with E-state index >= 15 is 0 Å². The molecule has 78 heavy (non-hydrogen) atoms. The van der Waals surface area contributed by atoms with Crippen LogP contribution in [0.2, 0.25) is 0 Å². The molecule has 2 saturated carbocycles. The first-order valence-corrected chi connectivity index (χ1v) is 36.0. The van der Waals surface area contributed by atoms with Gasteiger partial charge in [0.1, 0.15) is 19.8 Å². The molecule has 0 N–H and O–H groups in total. The van der Waals surface area contributed by atoms with Gasteiger partial charge in [-0.3, -0.25) is 14.4 Å². The minimum atomic E-state index is -0.771. The number of esters is 3. The zero-order valence-corrected chi connectivity index (χ0v) is 52.9. The lowest BCUT2D eigenvalue weighted by atomic mass is 9.87. The summed E-state index contributed by atoms with van der Waals surface area (Å²) < 4.78 is 18.9. The molecule has 6 nitrogen and oxygen atoms in total. The zero-order chi connectivity index (χ0) is 55.8. The Labute approximate surface area is 486 Å². The molecule has 0 amide bonds. The lowest BCUT2D eigenvalue weighted by Crippen LogP contribution is -2.40. The SMILES string of the molecule is CCCCCCCCCCCCCCCCCCCCCC(=O)OCC(CC)(COC(=O)C1CCCCCCCCCCCCCCCCCCCC1)COC(=O)C1CCCCCCCCCCCCCCCCCCCC1. The van der Waals surface area contributed by atoms with E-state index in [2.05, 4.69) is 13.8 Å². The van der Waals surface area contributed by atoms with Crippen LogP contribution in [0.5, 0.6) is 0 Å². The lowest BCUT2D eigenvalue weighted by molar-refractivity contribution is -0.166. The van der Waals surface area contributed by atoms with Gasteiger partial charge in [0.05, 0.1) is 17.3 Å². The van der Waals surface area contributed by atoms with Crippen LogP contribution in [0, 0.1) is 17.3 Å². The van der Waals surface area contributed by atoms with E-state index in [0.717, 1.165) is 64.2 Å². The van der Waals surface area contributed by atoms with Crippen molar-refractivity contribution in [2.45, 2.75) is 406 Å². The first-order valence-electron chi connectivity index (χ1n) is 36.0. The quantitative estimate of drug-likeness (QED) is 0.0422. The van der Waals surface area contributed by atoms with Gasteiger partial charge in [-0.1, -0.05) is 361 Å². The predicted molar refractivity (Wildman–Crippen MR) is 335 cm³/mol. The number of carbonyl (C=O) groups excluding carboxylic acids is 3. The van der Waals surface area contributed by atoms with Crippen molar-refractivity contribution in [2.24, 2.45) is 17.3 Å². The number of rotatable bonds is 29. The van der Waals surface area contributed by atoms with Gasteiger partial charge in [0.2, 0.25) is 0 Å². The van der Waals surface area contributed by atoms with Crippen molar-refractivity contribution < 1.29 is 28.6 Å². The molecule has 0 spiro atoms. The Kier molecular flexibility index (Phi) is 52.0. The molecule has 2 aliphatic carbocycles. The van der Waals surface area contributed by atoms with E-state index in [1.807, 2.05) is 0 Å². The number of carbonyl (C=O) groups is 3. The van der Waals surface area contributed by atoms with Gasteiger partial charge in [-0.25, -0.2) is 0 Å². The molecule has 0 unspecified atom stereocenters. The summed E-state index contributed by atoms with van der Waals surface area (Å²) in [6.45, 7) is 4.71. The Bertz CT molecular complexity index is 1190. The third-order valence-electron chi connectivity index (χ3n) is 18.7. The Balaban J connectivity index is 1.98. The maximum absolute atomic E-state index is 14.2. The third kappa shape index (κ3) is 45.0. The van der Waals surface area contributed by atoms with E-state index in [9.17, 15) is 14.4 Å². The van der Waals surface area contributed by atoms with Crippen molar-refractivity contribution in [1.29, 1.82) is 0 Å². The van der Waals surface area contributed by atoms with Crippen molar-refractivity contribution in [3.05, 3.63) is 0 Å². The monoisotopic (exact) mass is 1100 g/mol. The number of ether oxygens (including phenoxy) is 3. The van der Waals surface area contributed by atoms with Gasteiger partial charge in [0.15, 0.2) is 0 Å². The second kappa shape index (κ2) is 55.9. The predicted octanol–water partition coefficient (Wildman–Crippen LogP) is 23.7. The maximum Gasteiger partial charge on any atom is 0.308 e. The van der Waals surface area contributed by atoms with Crippen LogP contribution < -0.4 is 0 Å². The van der Waals surface area contributed by atoms with Gasteiger partial charge in [-0.2, -0.15) is 0 Å². The van der Waals surface area contributed by atoms with Crippen LogP contribution in [0.1, 0.15) is 406 Å². The van der Waals surface area contributed by atoms with E-state index < -0.39 is 5.41 Å². The van der Waals surface area contributed by atoms with Gasteiger partial charge in [0, 0.05) is 6.42 Å². The summed E-state index contributed by atoms with van der Waals surface area (Å²) >= 11 is 0. The summed E-state index contributed by atoms with van der Waals surface area (Å²) in [4.78, 5) is 41.9. The lowest BCUT2D eigenvalue weighted by Gasteiger charge is -2.32. The highest BCUT2D eigenvalue weighted by Gasteiger charge is 2.36. The molecule has 2 aliphatic rings. The fourth-order valence-corrected chi connectivity index (χ4v) is 12.7. The number of unbranched alkanes of at least 4 members (excludes halogenated alkanes) is 18. The van der Waals surface area contributed by atoms with E-state index in [4.69, 9.17) is 14.2 Å². The van der Waals surface area contributed by atoms with E-state index in [-0.39, 0.29) is 49.6 Å². The molecule has 0 aromatic carbocycles. The minimum absolute atomic E-state index is 0.108. The molecule has 0 atom stereocenters. The maximum atomic E-state index is 14.2. The Morgan fingerprint density at radius 1 is 0.282 bits per heavy atom. The smallest absolute Gasteiger partial charge is 0.308 e. The second-order valence-corrected chi connectivity index (χ2v) is 26.1. The Morgan fingerprint density at radius 2 is 0.487 bits per heavy atom. The molecule has 2 rings (SSSR count). The van der Waals surface area contributed by atoms with E-state index in [1.54, 1.807) is 0 Å². The molecule has 6 heteroatoms. The second-order valence-electron chi connectivity index (χ2n) is 26.1. The fraction of sp³-hybridized carbons (Fsp3) is 0.958. The van der Waals surface area contributed by atoms with Crippen molar-refractivity contribution in [1.82, 2.24) is 0 Å². The summed E-state index contributed by atoms with van der Waals surface area (Å²) in [7, 11) is 0. The summed E-state index contributed by atoms with van der Waals surface area (Å²) in [5.41, 5.74) is -0.771. The first-order chi connectivity index (χ1) is 38.5. The molecule has 2 fully saturated rings. The van der Waals surface area contributed by atoms with Crippen LogP contribution in [0.15, 0.2) is 0 Å². The van der Waals surface area contributed by atoms with Crippen LogP contribution in [-0.2, 0) is 28.6 Å². The van der Waals surface area contributed by atoms with Gasteiger partial charge in [-0.15, -0.1) is 0 Å². The molecule has 0 aromatic heterocycles. The highest BCUT2D eigenvalue weighted by Crippen LogP contribution is 2.30. The van der Waals surface area contributed by atoms with Crippen LogP contribution in [0.4, 0.5) is 0 Å². The number of hydrogen-bond donors (Lipinski definition) is 0. The fourth-order valence-electron chi connectivity index (χ4n) is 12.7.